The van der Waals surface area contributed by atoms with Crippen molar-refractivity contribution in [2.45, 2.75) is 19.6 Å². The molecule has 4 nitrogen and oxygen atoms in total. The maximum atomic E-state index is 13.7. The summed E-state index contributed by atoms with van der Waals surface area (Å²) in [6, 6.07) is 9.92. The number of amides is 1. The van der Waals surface area contributed by atoms with E-state index in [0.717, 1.165) is 16.2 Å². The monoisotopic (exact) mass is 363 g/mol. The highest BCUT2D eigenvalue weighted by Gasteiger charge is 2.20. The second-order valence-electron chi connectivity index (χ2n) is 5.11. The number of thiophene rings is 2. The van der Waals surface area contributed by atoms with Gasteiger partial charge in [-0.3, -0.25) is 4.79 Å². The Bertz CT molecular complexity index is 873. The van der Waals surface area contributed by atoms with Crippen LogP contribution in [0.15, 0.2) is 41.8 Å². The lowest BCUT2D eigenvalue weighted by Gasteiger charge is -2.12. The van der Waals surface area contributed by atoms with Crippen LogP contribution in [-0.4, -0.2) is 18.0 Å². The fourth-order valence-electron chi connectivity index (χ4n) is 2.13. The second-order valence-corrected chi connectivity index (χ2v) is 7.22. The van der Waals surface area contributed by atoms with Crippen LogP contribution in [0.25, 0.3) is 10.1 Å². The molecular formula is C17H14FNO3S2. The Morgan fingerprint density at radius 3 is 2.83 bits per heavy atom. The summed E-state index contributed by atoms with van der Waals surface area (Å²) in [5.41, 5.74) is 0. The van der Waals surface area contributed by atoms with E-state index in [9.17, 15) is 14.0 Å². The first kappa shape index (κ1) is 16.6. The fourth-order valence-corrected chi connectivity index (χ4v) is 3.73. The standard InChI is InChI=1S/C17H14FNO3S2/c1-10(16(20)19-9-11-4-3-7-23-11)22-17(21)15-8-12-13(18)5-2-6-14(12)24-15/h2-8,10H,9H2,1H3,(H,19,20)/t10-/m0/s1. The highest BCUT2D eigenvalue weighted by atomic mass is 32.1. The van der Waals surface area contributed by atoms with Gasteiger partial charge in [0.15, 0.2) is 6.10 Å². The van der Waals surface area contributed by atoms with Gasteiger partial charge in [0.25, 0.3) is 5.91 Å². The van der Waals surface area contributed by atoms with Gasteiger partial charge < -0.3 is 10.1 Å². The normalized spacial score (nSPS) is 12.1. The molecule has 0 radical (unpaired) electrons. The van der Waals surface area contributed by atoms with Crippen molar-refractivity contribution in [3.8, 4) is 0 Å². The van der Waals surface area contributed by atoms with Gasteiger partial charge in [0, 0.05) is 15.0 Å². The molecule has 1 aromatic carbocycles. The molecule has 0 saturated carbocycles. The van der Waals surface area contributed by atoms with Crippen LogP contribution in [-0.2, 0) is 16.1 Å². The van der Waals surface area contributed by atoms with Crippen LogP contribution in [0.1, 0.15) is 21.5 Å². The topological polar surface area (TPSA) is 55.4 Å². The van der Waals surface area contributed by atoms with Crippen molar-refractivity contribution in [1.82, 2.24) is 5.32 Å². The minimum atomic E-state index is -0.924. The van der Waals surface area contributed by atoms with Gasteiger partial charge in [0.05, 0.1) is 6.54 Å². The Morgan fingerprint density at radius 2 is 2.12 bits per heavy atom. The van der Waals surface area contributed by atoms with E-state index in [1.807, 2.05) is 17.5 Å². The van der Waals surface area contributed by atoms with Crippen molar-refractivity contribution in [1.29, 1.82) is 0 Å². The smallest absolute Gasteiger partial charge is 0.349 e. The van der Waals surface area contributed by atoms with E-state index >= 15 is 0 Å². The van der Waals surface area contributed by atoms with Gasteiger partial charge in [0.2, 0.25) is 0 Å². The van der Waals surface area contributed by atoms with Crippen LogP contribution < -0.4 is 5.32 Å². The lowest BCUT2D eigenvalue weighted by atomic mass is 10.2. The van der Waals surface area contributed by atoms with Crippen LogP contribution in [0, 0.1) is 5.82 Å². The Balaban J connectivity index is 1.62. The Hall–Kier alpha value is -2.25. The number of carbonyl (C=O) groups is 2. The maximum absolute atomic E-state index is 13.7. The Kier molecular flexibility index (Phi) is 4.92. The summed E-state index contributed by atoms with van der Waals surface area (Å²) in [5, 5.41) is 5.02. The molecule has 2 aromatic heterocycles. The van der Waals surface area contributed by atoms with E-state index in [4.69, 9.17) is 4.74 Å². The van der Waals surface area contributed by atoms with Crippen molar-refractivity contribution in [3.63, 3.8) is 0 Å². The summed E-state index contributed by atoms with van der Waals surface area (Å²) in [7, 11) is 0. The Morgan fingerprint density at radius 1 is 1.29 bits per heavy atom. The maximum Gasteiger partial charge on any atom is 0.349 e. The number of carbonyl (C=O) groups excluding carboxylic acids is 2. The van der Waals surface area contributed by atoms with Gasteiger partial charge in [-0.25, -0.2) is 9.18 Å². The second kappa shape index (κ2) is 7.11. The third kappa shape index (κ3) is 3.63. The first-order valence-electron chi connectivity index (χ1n) is 7.23. The minimum absolute atomic E-state index is 0.271. The molecule has 0 aliphatic rings. The summed E-state index contributed by atoms with van der Waals surface area (Å²) in [6.45, 7) is 1.90. The molecule has 0 aliphatic carbocycles. The Labute approximate surface area is 145 Å². The van der Waals surface area contributed by atoms with Crippen molar-refractivity contribution in [2.24, 2.45) is 0 Å². The van der Waals surface area contributed by atoms with E-state index < -0.39 is 12.1 Å². The van der Waals surface area contributed by atoms with Gasteiger partial charge in [-0.05, 0) is 36.6 Å². The summed E-state index contributed by atoms with van der Waals surface area (Å²) in [6.07, 6.45) is -0.924. The molecule has 1 amide bonds. The summed E-state index contributed by atoms with van der Waals surface area (Å²) < 4.78 is 19.5. The molecule has 0 saturated heterocycles. The van der Waals surface area contributed by atoms with Crippen LogP contribution in [0.2, 0.25) is 0 Å². The number of halogens is 1. The third-order valence-corrected chi connectivity index (χ3v) is 5.34. The molecule has 0 aliphatic heterocycles. The van der Waals surface area contributed by atoms with Gasteiger partial charge in [-0.2, -0.15) is 0 Å². The summed E-state index contributed by atoms with van der Waals surface area (Å²) in [5.74, 6) is -1.39. The average Bonchev–Trinajstić information content (AvgIpc) is 3.22. The molecule has 1 N–H and O–H groups in total. The molecule has 0 unspecified atom stereocenters. The molecule has 1 atom stereocenters. The van der Waals surface area contributed by atoms with Gasteiger partial charge in [0.1, 0.15) is 10.7 Å². The van der Waals surface area contributed by atoms with E-state index in [0.29, 0.717) is 16.6 Å². The lowest BCUT2D eigenvalue weighted by molar-refractivity contribution is -0.129. The van der Waals surface area contributed by atoms with E-state index in [-0.39, 0.29) is 16.6 Å². The van der Waals surface area contributed by atoms with Crippen molar-refractivity contribution in [3.05, 3.63) is 57.3 Å². The lowest BCUT2D eigenvalue weighted by Crippen LogP contribution is -2.35. The quantitative estimate of drug-likeness (QED) is 0.698. The number of esters is 1. The van der Waals surface area contributed by atoms with Gasteiger partial charge >= 0.3 is 5.97 Å². The van der Waals surface area contributed by atoms with E-state index in [1.54, 1.807) is 12.1 Å². The predicted molar refractivity (Wildman–Crippen MR) is 92.8 cm³/mol. The highest BCUT2D eigenvalue weighted by molar-refractivity contribution is 7.20. The predicted octanol–water partition coefficient (Wildman–Crippen LogP) is 3.96. The largest absolute Gasteiger partial charge is 0.448 e. The molecule has 0 fully saturated rings. The number of fused-ring (bicyclic) bond motifs is 1. The summed E-state index contributed by atoms with van der Waals surface area (Å²) in [4.78, 5) is 25.4. The van der Waals surface area contributed by atoms with Crippen molar-refractivity contribution < 1.29 is 18.7 Å². The zero-order chi connectivity index (χ0) is 17.1. The first-order valence-corrected chi connectivity index (χ1v) is 8.93. The van der Waals surface area contributed by atoms with Gasteiger partial charge in [-0.1, -0.05) is 12.1 Å². The number of rotatable bonds is 5. The molecule has 24 heavy (non-hydrogen) atoms. The van der Waals surface area contributed by atoms with E-state index in [1.165, 1.54) is 30.4 Å². The zero-order valence-corrected chi connectivity index (χ0v) is 14.4. The SMILES string of the molecule is C[C@H](OC(=O)c1cc2c(F)cccc2s1)C(=O)NCc1cccs1. The molecule has 124 valence electrons. The summed E-state index contributed by atoms with van der Waals surface area (Å²) >= 11 is 2.67. The van der Waals surface area contributed by atoms with Crippen LogP contribution in [0.5, 0.6) is 0 Å². The molecule has 3 aromatic rings. The molecule has 0 bridgehead atoms. The molecular weight excluding hydrogens is 349 g/mol. The van der Waals surface area contributed by atoms with Gasteiger partial charge in [-0.15, -0.1) is 22.7 Å². The molecule has 3 rings (SSSR count). The van der Waals surface area contributed by atoms with Crippen LogP contribution in [0.4, 0.5) is 4.39 Å². The molecule has 0 spiro atoms. The first-order chi connectivity index (χ1) is 11.5. The third-order valence-electron chi connectivity index (χ3n) is 3.38. The average molecular weight is 363 g/mol. The fraction of sp³-hybridized carbons (Fsp3) is 0.176. The highest BCUT2D eigenvalue weighted by Crippen LogP contribution is 2.28. The number of ether oxygens (including phenoxy) is 1. The van der Waals surface area contributed by atoms with Crippen LogP contribution in [0.3, 0.4) is 0 Å². The number of hydrogen-bond acceptors (Lipinski definition) is 5. The molecule has 7 heteroatoms. The number of benzene rings is 1. The number of nitrogens with one attached hydrogen (secondary N) is 1. The van der Waals surface area contributed by atoms with Crippen molar-refractivity contribution in [2.75, 3.05) is 0 Å². The minimum Gasteiger partial charge on any atom is -0.448 e. The zero-order valence-electron chi connectivity index (χ0n) is 12.7. The van der Waals surface area contributed by atoms with Crippen molar-refractivity contribution >= 4 is 44.6 Å². The van der Waals surface area contributed by atoms with E-state index in [2.05, 4.69) is 5.32 Å². The number of hydrogen-bond donors (Lipinski definition) is 1. The van der Waals surface area contributed by atoms with Crippen LogP contribution >= 0.6 is 22.7 Å². The molecule has 2 heterocycles.